The van der Waals surface area contributed by atoms with E-state index in [0.29, 0.717) is 10.8 Å². The van der Waals surface area contributed by atoms with Gasteiger partial charge in [-0.3, -0.25) is 0 Å². The first kappa shape index (κ1) is 11.4. The Bertz CT molecular complexity index is 358. The number of nitriles is 1. The van der Waals surface area contributed by atoms with Crippen molar-refractivity contribution in [2.75, 3.05) is 4.72 Å². The molecule has 0 amide bonds. The Morgan fingerprint density at radius 2 is 2.21 bits per heavy atom. The van der Waals surface area contributed by atoms with Crippen LogP contribution in [0.3, 0.4) is 0 Å². The number of rotatable bonds is 3. The molecule has 2 nitrogen and oxygen atoms in total. The van der Waals surface area contributed by atoms with E-state index < -0.39 is 0 Å². The predicted molar refractivity (Wildman–Crippen MR) is 65.2 cm³/mol. The molecule has 1 aromatic rings. The average Bonchev–Trinajstić information content (AvgIpc) is 2.16. The molecule has 4 heteroatoms. The fourth-order valence-electron chi connectivity index (χ4n) is 0.860. The number of hydrogen-bond acceptors (Lipinski definition) is 3. The average molecular weight is 271 g/mol. The normalized spacial score (nSPS) is 9.93. The maximum Gasteiger partial charge on any atom is 0.100 e. The molecule has 0 aliphatic carbocycles. The van der Waals surface area contributed by atoms with Gasteiger partial charge in [-0.2, -0.15) is 5.26 Å². The number of nitrogens with zero attached hydrogens (tertiary/aromatic N) is 1. The lowest BCUT2D eigenvalue weighted by molar-refractivity contribution is 1.12. The molecule has 0 saturated carbocycles. The van der Waals surface area contributed by atoms with Gasteiger partial charge in [-0.05, 0) is 46.1 Å². The van der Waals surface area contributed by atoms with Crippen LogP contribution in [0.5, 0.6) is 0 Å². The number of hydrogen-bond donors (Lipinski definition) is 1. The lowest BCUT2D eigenvalue weighted by atomic mass is 10.2. The molecule has 0 bridgehead atoms. The second kappa shape index (κ2) is 5.28. The molecule has 0 aliphatic heterocycles. The Morgan fingerprint density at radius 3 is 2.79 bits per heavy atom. The fraction of sp³-hybridized carbons (Fsp3) is 0.300. The van der Waals surface area contributed by atoms with E-state index in [-0.39, 0.29) is 0 Å². The Labute approximate surface area is 97.0 Å². The van der Waals surface area contributed by atoms with Gasteiger partial charge in [-0.25, -0.2) is 0 Å². The first-order valence-corrected chi connectivity index (χ1v) is 5.92. The van der Waals surface area contributed by atoms with E-state index in [9.17, 15) is 0 Å². The van der Waals surface area contributed by atoms with Gasteiger partial charge in [0.2, 0.25) is 0 Å². The highest BCUT2D eigenvalue weighted by Crippen LogP contribution is 2.23. The van der Waals surface area contributed by atoms with E-state index in [4.69, 9.17) is 5.26 Å². The molecule has 1 aromatic carbocycles. The quantitative estimate of drug-likeness (QED) is 0.849. The summed E-state index contributed by atoms with van der Waals surface area (Å²) in [5, 5.41) is 9.32. The van der Waals surface area contributed by atoms with Crippen molar-refractivity contribution in [3.8, 4) is 6.07 Å². The van der Waals surface area contributed by atoms with Crippen LogP contribution in [-0.4, -0.2) is 5.25 Å². The van der Waals surface area contributed by atoms with E-state index >= 15 is 0 Å². The Morgan fingerprint density at radius 1 is 1.50 bits per heavy atom. The van der Waals surface area contributed by atoms with Crippen LogP contribution >= 0.6 is 27.9 Å². The summed E-state index contributed by atoms with van der Waals surface area (Å²) < 4.78 is 4.02. The topological polar surface area (TPSA) is 35.8 Å². The largest absolute Gasteiger partial charge is 0.329 e. The van der Waals surface area contributed by atoms with Gasteiger partial charge in [-0.1, -0.05) is 13.8 Å². The van der Waals surface area contributed by atoms with Crippen molar-refractivity contribution in [1.82, 2.24) is 0 Å². The molecule has 14 heavy (non-hydrogen) atoms. The molecular formula is C10H11BrN2S. The number of halogens is 1. The molecule has 0 radical (unpaired) electrons. The van der Waals surface area contributed by atoms with Crippen molar-refractivity contribution in [3.63, 3.8) is 0 Å². The number of anilines is 1. The summed E-state index contributed by atoms with van der Waals surface area (Å²) in [7, 11) is 0. The van der Waals surface area contributed by atoms with Crippen molar-refractivity contribution in [2.24, 2.45) is 0 Å². The number of benzene rings is 1. The summed E-state index contributed by atoms with van der Waals surface area (Å²) in [6.07, 6.45) is 0. The van der Waals surface area contributed by atoms with Gasteiger partial charge in [0.05, 0.1) is 5.56 Å². The highest BCUT2D eigenvalue weighted by Gasteiger charge is 2.01. The maximum atomic E-state index is 8.81. The first-order chi connectivity index (χ1) is 6.63. The van der Waals surface area contributed by atoms with Crippen LogP contribution in [0.2, 0.25) is 0 Å². The van der Waals surface area contributed by atoms with E-state index in [1.807, 2.05) is 18.2 Å². The molecule has 0 atom stereocenters. The predicted octanol–water partition coefficient (Wildman–Crippen LogP) is 3.79. The van der Waals surface area contributed by atoms with Gasteiger partial charge in [0, 0.05) is 15.4 Å². The molecule has 0 aromatic heterocycles. The van der Waals surface area contributed by atoms with Gasteiger partial charge in [0.15, 0.2) is 0 Å². The van der Waals surface area contributed by atoms with E-state index in [1.54, 1.807) is 11.9 Å². The third-order valence-corrected chi connectivity index (χ3v) is 3.02. The summed E-state index contributed by atoms with van der Waals surface area (Å²) in [6, 6.07) is 7.78. The van der Waals surface area contributed by atoms with Gasteiger partial charge >= 0.3 is 0 Å². The van der Waals surface area contributed by atoms with E-state index in [1.165, 1.54) is 0 Å². The SMILES string of the molecule is CC(C)SNc1ccc(Br)c(C#N)c1. The van der Waals surface area contributed by atoms with Crippen molar-refractivity contribution in [3.05, 3.63) is 28.2 Å². The minimum atomic E-state index is 0.518. The van der Waals surface area contributed by atoms with Gasteiger partial charge in [0.1, 0.15) is 6.07 Å². The first-order valence-electron chi connectivity index (χ1n) is 4.25. The zero-order chi connectivity index (χ0) is 10.6. The van der Waals surface area contributed by atoms with Crippen molar-refractivity contribution < 1.29 is 0 Å². The van der Waals surface area contributed by atoms with E-state index in [0.717, 1.165) is 10.2 Å². The highest BCUT2D eigenvalue weighted by molar-refractivity contribution is 9.10. The molecule has 0 saturated heterocycles. The molecule has 0 aliphatic rings. The molecule has 1 rings (SSSR count). The Hall–Kier alpha value is -0.660. The fourth-order valence-corrected chi connectivity index (χ4v) is 1.69. The summed E-state index contributed by atoms with van der Waals surface area (Å²) in [5.74, 6) is 0. The molecule has 0 spiro atoms. The maximum absolute atomic E-state index is 8.81. The van der Waals surface area contributed by atoms with Crippen molar-refractivity contribution >= 4 is 33.6 Å². The molecule has 1 N–H and O–H groups in total. The van der Waals surface area contributed by atoms with Crippen LogP contribution in [0.1, 0.15) is 19.4 Å². The van der Waals surface area contributed by atoms with Gasteiger partial charge < -0.3 is 4.72 Å². The third-order valence-electron chi connectivity index (χ3n) is 1.50. The van der Waals surface area contributed by atoms with Crippen LogP contribution < -0.4 is 4.72 Å². The van der Waals surface area contributed by atoms with Gasteiger partial charge in [0.25, 0.3) is 0 Å². The van der Waals surface area contributed by atoms with Crippen LogP contribution in [-0.2, 0) is 0 Å². The minimum absolute atomic E-state index is 0.518. The second-order valence-corrected chi connectivity index (χ2v) is 5.31. The second-order valence-electron chi connectivity index (χ2n) is 3.08. The summed E-state index contributed by atoms with van der Waals surface area (Å²) in [4.78, 5) is 0. The van der Waals surface area contributed by atoms with Gasteiger partial charge in [-0.15, -0.1) is 0 Å². The lowest BCUT2D eigenvalue weighted by Crippen LogP contribution is -1.95. The standard InChI is InChI=1S/C10H11BrN2S/c1-7(2)14-13-9-3-4-10(11)8(5-9)6-12/h3-5,7,13H,1-2H3. The minimum Gasteiger partial charge on any atom is -0.329 e. The third kappa shape index (κ3) is 3.24. The summed E-state index contributed by atoms with van der Waals surface area (Å²) >= 11 is 4.95. The van der Waals surface area contributed by atoms with Crippen molar-refractivity contribution in [1.29, 1.82) is 5.26 Å². The lowest BCUT2D eigenvalue weighted by Gasteiger charge is -2.08. The number of nitrogens with one attached hydrogen (secondary N) is 1. The van der Waals surface area contributed by atoms with Crippen LogP contribution in [0.15, 0.2) is 22.7 Å². The highest BCUT2D eigenvalue weighted by atomic mass is 79.9. The van der Waals surface area contributed by atoms with Crippen molar-refractivity contribution in [2.45, 2.75) is 19.1 Å². The zero-order valence-corrected chi connectivity index (χ0v) is 10.4. The molecule has 74 valence electrons. The zero-order valence-electron chi connectivity index (χ0n) is 8.04. The molecule has 0 heterocycles. The monoisotopic (exact) mass is 270 g/mol. The van der Waals surface area contributed by atoms with Crippen LogP contribution in [0.25, 0.3) is 0 Å². The van der Waals surface area contributed by atoms with E-state index in [2.05, 4.69) is 40.6 Å². The van der Waals surface area contributed by atoms with Crippen LogP contribution in [0.4, 0.5) is 5.69 Å². The summed E-state index contributed by atoms with van der Waals surface area (Å²) in [5.41, 5.74) is 1.61. The molecular weight excluding hydrogens is 260 g/mol. The summed E-state index contributed by atoms with van der Waals surface area (Å²) in [6.45, 7) is 4.23. The Balaban J connectivity index is 2.76. The van der Waals surface area contributed by atoms with Crippen LogP contribution in [0, 0.1) is 11.3 Å². The smallest absolute Gasteiger partial charge is 0.100 e. The Kier molecular flexibility index (Phi) is 4.30. The molecule has 0 fully saturated rings. The molecule has 0 unspecified atom stereocenters.